The highest BCUT2D eigenvalue weighted by Gasteiger charge is 2.43. The van der Waals surface area contributed by atoms with E-state index in [4.69, 9.17) is 9.26 Å². The van der Waals surface area contributed by atoms with Crippen LogP contribution in [0.1, 0.15) is 45.4 Å². The minimum absolute atomic E-state index is 0.537. The van der Waals surface area contributed by atoms with Crippen LogP contribution in [0.4, 0.5) is 5.95 Å². The third kappa shape index (κ3) is 5.44. The van der Waals surface area contributed by atoms with E-state index >= 15 is 0 Å². The van der Waals surface area contributed by atoms with Crippen LogP contribution in [0.25, 0.3) is 0 Å². The van der Waals surface area contributed by atoms with E-state index in [1.165, 1.54) is 24.2 Å². The summed E-state index contributed by atoms with van der Waals surface area (Å²) in [5.74, 6) is 5.34. The molecule has 2 unspecified atom stereocenters. The SMILES string of the molecule is CSc1ccc(OCCC2CC2C2CCN(c3noc(CC(C)C)n3)CC2)nc1. The Morgan fingerprint density at radius 3 is 2.79 bits per heavy atom. The summed E-state index contributed by atoms with van der Waals surface area (Å²) in [5, 5.41) is 4.19. The van der Waals surface area contributed by atoms with Crippen molar-refractivity contribution < 1.29 is 9.26 Å². The first-order valence-electron chi connectivity index (χ1n) is 10.8. The zero-order valence-corrected chi connectivity index (χ0v) is 18.5. The zero-order chi connectivity index (χ0) is 20.2. The van der Waals surface area contributed by atoms with Gasteiger partial charge in [-0.2, -0.15) is 4.98 Å². The summed E-state index contributed by atoms with van der Waals surface area (Å²) in [7, 11) is 0. The third-order valence-corrected chi connectivity index (χ3v) is 6.84. The van der Waals surface area contributed by atoms with Gasteiger partial charge in [-0.3, -0.25) is 0 Å². The van der Waals surface area contributed by atoms with E-state index in [0.29, 0.717) is 5.92 Å². The number of hydrogen-bond donors (Lipinski definition) is 0. The number of pyridine rings is 1. The zero-order valence-electron chi connectivity index (χ0n) is 17.7. The summed E-state index contributed by atoms with van der Waals surface area (Å²) >= 11 is 1.70. The number of ether oxygens (including phenoxy) is 1. The first-order valence-corrected chi connectivity index (χ1v) is 12.0. The molecule has 1 saturated carbocycles. The number of nitrogens with zero attached hydrogens (tertiary/aromatic N) is 4. The van der Waals surface area contributed by atoms with Crippen LogP contribution in [-0.4, -0.2) is 41.1 Å². The van der Waals surface area contributed by atoms with E-state index in [0.717, 1.165) is 68.0 Å². The fraction of sp³-hybridized carbons (Fsp3) is 0.682. The summed E-state index contributed by atoms with van der Waals surface area (Å²) in [5.41, 5.74) is 0. The molecule has 29 heavy (non-hydrogen) atoms. The van der Waals surface area contributed by atoms with E-state index < -0.39 is 0 Å². The molecule has 4 rings (SSSR count). The van der Waals surface area contributed by atoms with E-state index in [1.807, 2.05) is 12.3 Å². The Morgan fingerprint density at radius 2 is 2.10 bits per heavy atom. The van der Waals surface area contributed by atoms with Crippen LogP contribution in [0.15, 0.2) is 27.7 Å². The van der Waals surface area contributed by atoms with Gasteiger partial charge in [-0.15, -0.1) is 11.8 Å². The number of hydrogen-bond acceptors (Lipinski definition) is 7. The van der Waals surface area contributed by atoms with Crippen LogP contribution in [0.5, 0.6) is 5.88 Å². The second-order valence-corrected chi connectivity index (χ2v) is 9.62. The van der Waals surface area contributed by atoms with E-state index in [2.05, 4.69) is 46.2 Å². The highest BCUT2D eigenvalue weighted by atomic mass is 32.2. The van der Waals surface area contributed by atoms with Crippen molar-refractivity contribution in [3.05, 3.63) is 24.2 Å². The van der Waals surface area contributed by atoms with Crippen molar-refractivity contribution >= 4 is 17.7 Å². The molecular weight excluding hydrogens is 384 g/mol. The van der Waals surface area contributed by atoms with Gasteiger partial charge < -0.3 is 14.2 Å². The van der Waals surface area contributed by atoms with Crippen LogP contribution < -0.4 is 9.64 Å². The highest BCUT2D eigenvalue weighted by Crippen LogP contribution is 2.49. The average Bonchev–Trinajstić information content (AvgIpc) is 3.36. The van der Waals surface area contributed by atoms with Crippen LogP contribution >= 0.6 is 11.8 Å². The first kappa shape index (κ1) is 20.5. The van der Waals surface area contributed by atoms with Gasteiger partial charge in [0.15, 0.2) is 0 Å². The van der Waals surface area contributed by atoms with Gasteiger partial charge in [0.1, 0.15) is 0 Å². The van der Waals surface area contributed by atoms with E-state index in [9.17, 15) is 0 Å². The predicted molar refractivity (Wildman–Crippen MR) is 116 cm³/mol. The summed E-state index contributed by atoms with van der Waals surface area (Å²) in [4.78, 5) is 12.4. The average molecular weight is 417 g/mol. The topological polar surface area (TPSA) is 64.3 Å². The Hall–Kier alpha value is -1.76. The fourth-order valence-electron chi connectivity index (χ4n) is 4.40. The summed E-state index contributed by atoms with van der Waals surface area (Å²) in [6.07, 6.45) is 9.74. The summed E-state index contributed by atoms with van der Waals surface area (Å²) in [6.45, 7) is 7.19. The number of thioether (sulfide) groups is 1. The highest BCUT2D eigenvalue weighted by molar-refractivity contribution is 7.98. The molecule has 158 valence electrons. The molecule has 2 fully saturated rings. The molecule has 0 aromatic carbocycles. The molecule has 2 aromatic heterocycles. The van der Waals surface area contributed by atoms with Crippen molar-refractivity contribution in [1.29, 1.82) is 0 Å². The molecular formula is C22H32N4O2S. The van der Waals surface area contributed by atoms with Gasteiger partial charge in [0.2, 0.25) is 11.8 Å². The Morgan fingerprint density at radius 1 is 1.28 bits per heavy atom. The third-order valence-electron chi connectivity index (χ3n) is 6.13. The quantitative estimate of drug-likeness (QED) is 0.549. The van der Waals surface area contributed by atoms with Gasteiger partial charge >= 0.3 is 0 Å². The predicted octanol–water partition coefficient (Wildman–Crippen LogP) is 4.71. The molecule has 2 atom stereocenters. The minimum Gasteiger partial charge on any atom is -0.478 e. The molecule has 1 aliphatic carbocycles. The molecule has 1 aliphatic heterocycles. The van der Waals surface area contributed by atoms with Crippen LogP contribution in [-0.2, 0) is 6.42 Å². The molecule has 2 aromatic rings. The monoisotopic (exact) mass is 416 g/mol. The molecule has 7 heteroatoms. The fourth-order valence-corrected chi connectivity index (χ4v) is 4.76. The number of anilines is 1. The molecule has 3 heterocycles. The minimum atomic E-state index is 0.537. The van der Waals surface area contributed by atoms with Crippen molar-refractivity contribution in [1.82, 2.24) is 15.1 Å². The molecule has 6 nitrogen and oxygen atoms in total. The normalized spacial score (nSPS) is 22.3. The molecule has 0 amide bonds. The Bertz CT molecular complexity index is 771. The smallest absolute Gasteiger partial charge is 0.266 e. The summed E-state index contributed by atoms with van der Waals surface area (Å²) in [6, 6.07) is 4.03. The van der Waals surface area contributed by atoms with Gasteiger partial charge in [0, 0.05) is 36.7 Å². The Kier molecular flexibility index (Phi) is 6.63. The summed E-state index contributed by atoms with van der Waals surface area (Å²) < 4.78 is 11.2. The van der Waals surface area contributed by atoms with Crippen LogP contribution in [0.2, 0.25) is 0 Å². The number of piperidine rings is 1. The van der Waals surface area contributed by atoms with Gasteiger partial charge in [-0.05, 0) is 66.8 Å². The lowest BCUT2D eigenvalue weighted by atomic mass is 9.90. The second-order valence-electron chi connectivity index (χ2n) is 8.74. The lowest BCUT2D eigenvalue weighted by Gasteiger charge is -2.31. The van der Waals surface area contributed by atoms with Crippen molar-refractivity contribution in [2.75, 3.05) is 30.9 Å². The van der Waals surface area contributed by atoms with Crippen molar-refractivity contribution in [3.63, 3.8) is 0 Å². The molecule has 0 bridgehead atoms. The first-order chi connectivity index (χ1) is 14.1. The van der Waals surface area contributed by atoms with E-state index in [-0.39, 0.29) is 0 Å². The maximum Gasteiger partial charge on any atom is 0.266 e. The molecule has 0 spiro atoms. The maximum atomic E-state index is 5.84. The standard InChI is InChI=1S/C22H32N4O2S/c1-15(2)12-21-24-22(25-28-21)26-9-6-16(7-10-26)19-13-17(19)8-11-27-20-5-4-18(29-3)14-23-20/h4-5,14-17,19H,6-13H2,1-3H3. The largest absolute Gasteiger partial charge is 0.478 e. The molecule has 1 saturated heterocycles. The van der Waals surface area contributed by atoms with Crippen LogP contribution in [0.3, 0.4) is 0 Å². The van der Waals surface area contributed by atoms with Crippen molar-refractivity contribution in [2.45, 2.75) is 50.8 Å². The van der Waals surface area contributed by atoms with Gasteiger partial charge in [0.05, 0.1) is 6.61 Å². The Labute approximate surface area is 177 Å². The number of rotatable bonds is 9. The molecule has 2 aliphatic rings. The number of aromatic nitrogens is 3. The van der Waals surface area contributed by atoms with Gasteiger partial charge in [-0.1, -0.05) is 13.8 Å². The molecule has 0 radical (unpaired) electrons. The lowest BCUT2D eigenvalue weighted by Crippen LogP contribution is -2.35. The lowest BCUT2D eigenvalue weighted by molar-refractivity contribution is 0.275. The molecule has 0 N–H and O–H groups in total. The maximum absolute atomic E-state index is 5.84. The van der Waals surface area contributed by atoms with Crippen molar-refractivity contribution in [2.24, 2.45) is 23.7 Å². The second kappa shape index (κ2) is 9.37. The van der Waals surface area contributed by atoms with Crippen molar-refractivity contribution in [3.8, 4) is 5.88 Å². The van der Waals surface area contributed by atoms with E-state index in [1.54, 1.807) is 11.8 Å². The van der Waals surface area contributed by atoms with Gasteiger partial charge in [0.25, 0.3) is 5.95 Å². The van der Waals surface area contributed by atoms with Gasteiger partial charge in [-0.25, -0.2) is 4.98 Å². The Balaban J connectivity index is 1.16. The van der Waals surface area contributed by atoms with Crippen LogP contribution in [0, 0.1) is 23.7 Å².